The van der Waals surface area contributed by atoms with Crippen LogP contribution in [0.4, 0.5) is 0 Å². The molecule has 0 aliphatic rings. The van der Waals surface area contributed by atoms with Gasteiger partial charge >= 0.3 is 0 Å². The first kappa shape index (κ1) is 13.1. The lowest BCUT2D eigenvalue weighted by Gasteiger charge is -2.04. The average molecular weight is 285 g/mol. The Bertz CT molecular complexity index is 695. The predicted octanol–water partition coefficient (Wildman–Crippen LogP) is 2.39. The van der Waals surface area contributed by atoms with Crippen LogP contribution in [0.15, 0.2) is 53.0 Å². The number of hydrogen-bond acceptors (Lipinski definition) is 5. The van der Waals surface area contributed by atoms with Gasteiger partial charge in [-0.1, -0.05) is 13.0 Å². The van der Waals surface area contributed by atoms with Crippen LogP contribution in [-0.2, 0) is 6.54 Å². The summed E-state index contributed by atoms with van der Waals surface area (Å²) >= 11 is 1.50. The van der Waals surface area contributed by atoms with Gasteiger partial charge in [0.25, 0.3) is 0 Å². The van der Waals surface area contributed by atoms with Crippen molar-refractivity contribution in [2.45, 2.75) is 23.7 Å². The Morgan fingerprint density at radius 3 is 2.85 bits per heavy atom. The van der Waals surface area contributed by atoms with Gasteiger partial charge in [-0.25, -0.2) is 15.0 Å². The van der Waals surface area contributed by atoms with Crippen LogP contribution in [0.5, 0.6) is 0 Å². The highest BCUT2D eigenvalue weighted by Gasteiger charge is 2.13. The number of pyridine rings is 1. The molecule has 1 N–H and O–H groups in total. The highest BCUT2D eigenvalue weighted by molar-refractivity contribution is 7.99. The first-order valence-corrected chi connectivity index (χ1v) is 7.31. The summed E-state index contributed by atoms with van der Waals surface area (Å²) < 4.78 is 2.11. The fraction of sp³-hybridized carbons (Fsp3) is 0.214. The molecule has 0 amide bonds. The van der Waals surface area contributed by atoms with E-state index in [0.717, 1.165) is 29.5 Å². The second kappa shape index (κ2) is 6.02. The quantitative estimate of drug-likeness (QED) is 0.729. The molecule has 0 spiro atoms. The molecule has 0 atom stereocenters. The maximum absolute atomic E-state index is 4.67. The Morgan fingerprint density at radius 1 is 1.20 bits per heavy atom. The number of nitrogens with one attached hydrogen (secondary N) is 1. The Hall–Kier alpha value is -1.92. The van der Waals surface area contributed by atoms with Crippen molar-refractivity contribution in [2.24, 2.45) is 0 Å². The van der Waals surface area contributed by atoms with Crippen molar-refractivity contribution < 1.29 is 0 Å². The molecular weight excluding hydrogens is 270 g/mol. The Morgan fingerprint density at radius 2 is 2.05 bits per heavy atom. The van der Waals surface area contributed by atoms with Crippen LogP contribution >= 0.6 is 11.8 Å². The third-order valence-corrected chi connectivity index (χ3v) is 3.78. The molecule has 102 valence electrons. The maximum Gasteiger partial charge on any atom is 0.193 e. The van der Waals surface area contributed by atoms with Gasteiger partial charge in [0.05, 0.1) is 5.69 Å². The van der Waals surface area contributed by atoms with Crippen LogP contribution in [0.25, 0.3) is 5.65 Å². The van der Waals surface area contributed by atoms with Gasteiger partial charge in [-0.2, -0.15) is 0 Å². The summed E-state index contributed by atoms with van der Waals surface area (Å²) in [5, 5.41) is 5.02. The van der Waals surface area contributed by atoms with Crippen molar-refractivity contribution in [3.05, 3.63) is 48.5 Å². The lowest BCUT2D eigenvalue weighted by atomic mass is 10.4. The zero-order valence-electron chi connectivity index (χ0n) is 11.2. The third-order valence-electron chi connectivity index (χ3n) is 2.86. The molecule has 20 heavy (non-hydrogen) atoms. The van der Waals surface area contributed by atoms with Crippen LogP contribution in [0.3, 0.4) is 0 Å². The molecule has 6 heteroatoms. The van der Waals surface area contributed by atoms with Gasteiger partial charge in [0, 0.05) is 25.1 Å². The number of nitrogens with zero attached hydrogens (tertiary/aromatic N) is 4. The Kier molecular flexibility index (Phi) is 3.94. The van der Waals surface area contributed by atoms with Crippen molar-refractivity contribution in [3.8, 4) is 0 Å². The average Bonchev–Trinajstić information content (AvgIpc) is 2.83. The Balaban J connectivity index is 2.00. The van der Waals surface area contributed by atoms with Gasteiger partial charge in [0.15, 0.2) is 5.16 Å². The molecule has 0 aliphatic heterocycles. The minimum absolute atomic E-state index is 0.716. The zero-order valence-corrected chi connectivity index (χ0v) is 12.0. The second-order valence-electron chi connectivity index (χ2n) is 4.21. The van der Waals surface area contributed by atoms with E-state index in [1.807, 2.05) is 30.5 Å². The van der Waals surface area contributed by atoms with E-state index in [9.17, 15) is 0 Å². The van der Waals surface area contributed by atoms with E-state index in [0.29, 0.717) is 5.16 Å². The van der Waals surface area contributed by atoms with E-state index in [2.05, 4.69) is 31.6 Å². The van der Waals surface area contributed by atoms with Crippen molar-refractivity contribution >= 4 is 17.4 Å². The molecule has 0 bridgehead atoms. The standard InChI is InChI=1S/C14H15N5S/c1-2-15-10-11-13(20-14-16-7-5-8-17-14)18-12-6-3-4-9-19(11)12/h3-9,15H,2,10H2,1H3. The molecule has 5 nitrogen and oxygen atoms in total. The van der Waals surface area contributed by atoms with E-state index in [1.54, 1.807) is 12.4 Å². The Labute approximate surface area is 121 Å². The molecule has 0 fully saturated rings. The number of rotatable bonds is 5. The van der Waals surface area contributed by atoms with Gasteiger partial charge in [-0.15, -0.1) is 0 Å². The summed E-state index contributed by atoms with van der Waals surface area (Å²) in [4.78, 5) is 13.2. The minimum Gasteiger partial charge on any atom is -0.311 e. The molecular formula is C14H15N5S. The van der Waals surface area contributed by atoms with Crippen molar-refractivity contribution in [1.29, 1.82) is 0 Å². The molecule has 0 saturated carbocycles. The van der Waals surface area contributed by atoms with Crippen LogP contribution in [0, 0.1) is 0 Å². The largest absolute Gasteiger partial charge is 0.311 e. The fourth-order valence-corrected chi connectivity index (χ4v) is 2.76. The molecule has 3 heterocycles. The SMILES string of the molecule is CCNCc1c(Sc2ncccn2)nc2ccccn12. The monoisotopic (exact) mass is 285 g/mol. The predicted molar refractivity (Wildman–Crippen MR) is 78.7 cm³/mol. The van der Waals surface area contributed by atoms with E-state index in [4.69, 9.17) is 0 Å². The number of imidazole rings is 1. The van der Waals surface area contributed by atoms with Crippen LogP contribution in [0.2, 0.25) is 0 Å². The first-order valence-electron chi connectivity index (χ1n) is 6.50. The van der Waals surface area contributed by atoms with Crippen molar-refractivity contribution in [3.63, 3.8) is 0 Å². The van der Waals surface area contributed by atoms with E-state index < -0.39 is 0 Å². The fourth-order valence-electron chi connectivity index (χ4n) is 1.94. The van der Waals surface area contributed by atoms with E-state index >= 15 is 0 Å². The summed E-state index contributed by atoms with van der Waals surface area (Å²) in [5.41, 5.74) is 2.08. The van der Waals surface area contributed by atoms with Gasteiger partial charge in [0.1, 0.15) is 10.7 Å². The van der Waals surface area contributed by atoms with Gasteiger partial charge in [-0.3, -0.25) is 0 Å². The summed E-state index contributed by atoms with van der Waals surface area (Å²) in [5.74, 6) is 0. The summed E-state index contributed by atoms with van der Waals surface area (Å²) in [7, 11) is 0. The third kappa shape index (κ3) is 2.66. The number of hydrogen-bond donors (Lipinski definition) is 1. The summed E-state index contributed by atoms with van der Waals surface area (Å²) in [6.45, 7) is 3.79. The lowest BCUT2D eigenvalue weighted by Crippen LogP contribution is -2.14. The highest BCUT2D eigenvalue weighted by atomic mass is 32.2. The normalized spacial score (nSPS) is 11.1. The zero-order chi connectivity index (χ0) is 13.8. The topological polar surface area (TPSA) is 55.1 Å². The highest BCUT2D eigenvalue weighted by Crippen LogP contribution is 2.27. The molecule has 0 aromatic carbocycles. The van der Waals surface area contributed by atoms with Crippen LogP contribution < -0.4 is 5.32 Å². The van der Waals surface area contributed by atoms with E-state index in [1.165, 1.54) is 11.8 Å². The molecule has 3 aromatic heterocycles. The smallest absolute Gasteiger partial charge is 0.193 e. The van der Waals surface area contributed by atoms with Crippen molar-refractivity contribution in [2.75, 3.05) is 6.54 Å². The van der Waals surface area contributed by atoms with E-state index in [-0.39, 0.29) is 0 Å². The van der Waals surface area contributed by atoms with Crippen molar-refractivity contribution in [1.82, 2.24) is 24.7 Å². The van der Waals surface area contributed by atoms with Crippen LogP contribution in [0.1, 0.15) is 12.6 Å². The second-order valence-corrected chi connectivity index (χ2v) is 5.16. The lowest BCUT2D eigenvalue weighted by molar-refractivity contribution is 0.693. The molecule has 3 aromatic rings. The molecule has 3 rings (SSSR count). The van der Waals surface area contributed by atoms with Crippen LogP contribution in [-0.4, -0.2) is 25.9 Å². The molecule has 0 aliphatic carbocycles. The summed E-state index contributed by atoms with van der Waals surface area (Å²) in [6.07, 6.45) is 5.52. The summed E-state index contributed by atoms with van der Waals surface area (Å²) in [6, 6.07) is 7.82. The van der Waals surface area contributed by atoms with Gasteiger partial charge in [-0.05, 0) is 36.5 Å². The number of fused-ring (bicyclic) bond motifs is 1. The molecule has 0 saturated heterocycles. The maximum atomic E-state index is 4.67. The molecule has 0 radical (unpaired) electrons. The van der Waals surface area contributed by atoms with Gasteiger partial charge < -0.3 is 9.72 Å². The van der Waals surface area contributed by atoms with Gasteiger partial charge in [0.2, 0.25) is 0 Å². The number of aromatic nitrogens is 4. The molecule has 0 unspecified atom stereocenters. The minimum atomic E-state index is 0.716. The first-order chi connectivity index (χ1) is 9.88.